The van der Waals surface area contributed by atoms with Crippen LogP contribution in [0.5, 0.6) is 0 Å². The summed E-state index contributed by atoms with van der Waals surface area (Å²) in [5, 5.41) is 18.3. The van der Waals surface area contributed by atoms with Crippen LogP contribution in [-0.2, 0) is 9.59 Å². The molecule has 0 aliphatic carbocycles. The van der Waals surface area contributed by atoms with Gasteiger partial charge in [0.05, 0.1) is 5.92 Å². The highest BCUT2D eigenvalue weighted by atomic mass is 16.4. The Morgan fingerprint density at radius 2 is 1.28 bits per heavy atom. The van der Waals surface area contributed by atoms with Crippen molar-refractivity contribution in [3.8, 4) is 0 Å². The van der Waals surface area contributed by atoms with E-state index in [9.17, 15) is 14.7 Å². The van der Waals surface area contributed by atoms with Gasteiger partial charge in [-0.15, -0.1) is 0 Å². The smallest absolute Gasteiger partial charge is 0.320 e. The molecule has 0 saturated heterocycles. The molecule has 5 nitrogen and oxygen atoms in total. The highest BCUT2D eigenvalue weighted by molar-refractivity contribution is 5.75. The van der Waals surface area contributed by atoms with Gasteiger partial charge >= 0.3 is 11.9 Å². The molecule has 0 saturated carbocycles. The highest BCUT2D eigenvalue weighted by Crippen LogP contribution is 2.31. The summed E-state index contributed by atoms with van der Waals surface area (Å²) in [5.74, 6) is -2.89. The van der Waals surface area contributed by atoms with Crippen LogP contribution in [0.25, 0.3) is 0 Å². The zero-order chi connectivity index (χ0) is 18.2. The molecule has 0 unspecified atom stereocenters. The van der Waals surface area contributed by atoms with E-state index in [0.717, 1.165) is 11.1 Å². The van der Waals surface area contributed by atoms with Gasteiger partial charge in [0.1, 0.15) is 6.04 Å². The van der Waals surface area contributed by atoms with E-state index in [1.165, 1.54) is 0 Å². The Morgan fingerprint density at radius 3 is 1.68 bits per heavy atom. The SMILES string of the molecule is N[C@@H](C[C@H](CCC(c1ccccc1)c1ccccc1)C(=O)O)C(=O)O. The standard InChI is InChI=1S/C20H23NO4/c21-18(20(24)25)13-16(19(22)23)11-12-17(14-7-3-1-4-8-14)15-9-5-2-6-10-15/h1-10,16-18H,11-13,21H2,(H,22,23)(H,24,25)/t16-,18-/m0/s1. The highest BCUT2D eigenvalue weighted by Gasteiger charge is 2.26. The number of hydrogen-bond donors (Lipinski definition) is 3. The third-order valence-corrected chi connectivity index (χ3v) is 4.41. The van der Waals surface area contributed by atoms with Crippen LogP contribution in [0.4, 0.5) is 0 Å². The van der Waals surface area contributed by atoms with Crippen molar-refractivity contribution >= 4 is 11.9 Å². The molecule has 0 bridgehead atoms. The number of benzene rings is 2. The maximum atomic E-state index is 11.5. The van der Waals surface area contributed by atoms with Crippen molar-refractivity contribution in [3.63, 3.8) is 0 Å². The first kappa shape index (κ1) is 18.7. The normalized spacial score (nSPS) is 13.4. The van der Waals surface area contributed by atoms with E-state index in [1.54, 1.807) is 0 Å². The molecular formula is C20H23NO4. The number of nitrogens with two attached hydrogens (primary N) is 1. The van der Waals surface area contributed by atoms with Gasteiger partial charge in [0.2, 0.25) is 0 Å². The van der Waals surface area contributed by atoms with Crippen LogP contribution in [0.1, 0.15) is 36.3 Å². The van der Waals surface area contributed by atoms with Gasteiger partial charge in [-0.05, 0) is 30.4 Å². The van der Waals surface area contributed by atoms with Crippen molar-refractivity contribution in [1.82, 2.24) is 0 Å². The fourth-order valence-electron chi connectivity index (χ4n) is 3.01. The van der Waals surface area contributed by atoms with Crippen molar-refractivity contribution in [1.29, 1.82) is 0 Å². The average Bonchev–Trinajstić information content (AvgIpc) is 2.62. The first-order valence-corrected chi connectivity index (χ1v) is 8.30. The Kier molecular flexibility index (Phi) is 6.71. The zero-order valence-corrected chi connectivity index (χ0v) is 13.9. The molecule has 132 valence electrons. The molecule has 0 fully saturated rings. The van der Waals surface area contributed by atoms with Crippen LogP contribution in [0.15, 0.2) is 60.7 Å². The summed E-state index contributed by atoms with van der Waals surface area (Å²) in [5.41, 5.74) is 7.74. The van der Waals surface area contributed by atoms with Crippen molar-refractivity contribution in [2.24, 2.45) is 11.7 Å². The minimum Gasteiger partial charge on any atom is -0.481 e. The molecule has 4 N–H and O–H groups in total. The first-order chi connectivity index (χ1) is 12.0. The summed E-state index contributed by atoms with van der Waals surface area (Å²) in [6.45, 7) is 0. The molecule has 0 heterocycles. The van der Waals surface area contributed by atoms with Gasteiger partial charge in [0.15, 0.2) is 0 Å². The van der Waals surface area contributed by atoms with Crippen molar-refractivity contribution in [2.75, 3.05) is 0 Å². The van der Waals surface area contributed by atoms with Crippen LogP contribution < -0.4 is 5.73 Å². The maximum Gasteiger partial charge on any atom is 0.320 e. The van der Waals surface area contributed by atoms with Gasteiger partial charge in [-0.2, -0.15) is 0 Å². The van der Waals surface area contributed by atoms with Gasteiger partial charge in [-0.3, -0.25) is 9.59 Å². The number of aliphatic carboxylic acids is 2. The second kappa shape index (κ2) is 8.99. The van der Waals surface area contributed by atoms with E-state index < -0.39 is 23.9 Å². The summed E-state index contributed by atoms with van der Waals surface area (Å²) < 4.78 is 0. The van der Waals surface area contributed by atoms with Crippen molar-refractivity contribution in [3.05, 3.63) is 71.8 Å². The molecule has 0 aromatic heterocycles. The maximum absolute atomic E-state index is 11.5. The van der Waals surface area contributed by atoms with E-state index in [4.69, 9.17) is 10.8 Å². The number of rotatable bonds is 9. The summed E-state index contributed by atoms with van der Waals surface area (Å²) in [4.78, 5) is 22.4. The number of carboxylic acids is 2. The Bertz CT molecular complexity index is 648. The fourth-order valence-corrected chi connectivity index (χ4v) is 3.01. The second-order valence-electron chi connectivity index (χ2n) is 6.17. The lowest BCUT2D eigenvalue weighted by molar-refractivity contribution is -0.143. The Hall–Kier alpha value is -2.66. The molecule has 25 heavy (non-hydrogen) atoms. The largest absolute Gasteiger partial charge is 0.481 e. The molecule has 0 radical (unpaired) electrons. The van der Waals surface area contributed by atoms with E-state index >= 15 is 0 Å². The van der Waals surface area contributed by atoms with E-state index in [1.807, 2.05) is 60.7 Å². The molecule has 2 aromatic rings. The fraction of sp³-hybridized carbons (Fsp3) is 0.300. The van der Waals surface area contributed by atoms with Gasteiger partial charge in [-0.1, -0.05) is 60.7 Å². The minimum atomic E-state index is -1.17. The summed E-state index contributed by atoms with van der Waals surface area (Å²) >= 11 is 0. The molecule has 5 heteroatoms. The molecule has 2 rings (SSSR count). The van der Waals surface area contributed by atoms with Gasteiger partial charge in [0, 0.05) is 5.92 Å². The number of carbonyl (C=O) groups is 2. The predicted molar refractivity (Wildman–Crippen MR) is 95.3 cm³/mol. The lowest BCUT2D eigenvalue weighted by atomic mass is 9.84. The second-order valence-corrected chi connectivity index (χ2v) is 6.17. The van der Waals surface area contributed by atoms with Crippen LogP contribution in [-0.4, -0.2) is 28.2 Å². The average molecular weight is 341 g/mol. The molecule has 0 aliphatic rings. The molecule has 0 spiro atoms. The Morgan fingerprint density at radius 1 is 0.800 bits per heavy atom. The van der Waals surface area contributed by atoms with E-state index in [-0.39, 0.29) is 12.3 Å². The third kappa shape index (κ3) is 5.43. The molecular weight excluding hydrogens is 318 g/mol. The van der Waals surface area contributed by atoms with Gasteiger partial charge in [0.25, 0.3) is 0 Å². The summed E-state index contributed by atoms with van der Waals surface area (Å²) in [6.07, 6.45) is 0.906. The number of hydrogen-bond acceptors (Lipinski definition) is 3. The molecule has 0 amide bonds. The van der Waals surface area contributed by atoms with Crippen molar-refractivity contribution < 1.29 is 19.8 Å². The number of carboxylic acid groups (broad SMARTS) is 2. The first-order valence-electron chi connectivity index (χ1n) is 8.30. The van der Waals surface area contributed by atoms with Crippen LogP contribution >= 0.6 is 0 Å². The lowest BCUT2D eigenvalue weighted by Crippen LogP contribution is -2.34. The quantitative estimate of drug-likeness (QED) is 0.650. The lowest BCUT2D eigenvalue weighted by Gasteiger charge is -2.21. The summed E-state index contributed by atoms with van der Waals surface area (Å²) in [6, 6.07) is 18.7. The van der Waals surface area contributed by atoms with E-state index in [2.05, 4.69) is 0 Å². The van der Waals surface area contributed by atoms with Crippen LogP contribution in [0, 0.1) is 5.92 Å². The molecule has 2 atom stereocenters. The van der Waals surface area contributed by atoms with Crippen molar-refractivity contribution in [2.45, 2.75) is 31.2 Å². The van der Waals surface area contributed by atoms with Crippen LogP contribution in [0.2, 0.25) is 0 Å². The third-order valence-electron chi connectivity index (χ3n) is 4.41. The van der Waals surface area contributed by atoms with Gasteiger partial charge < -0.3 is 15.9 Å². The van der Waals surface area contributed by atoms with E-state index in [0.29, 0.717) is 12.8 Å². The minimum absolute atomic E-state index is 0.0605. The van der Waals surface area contributed by atoms with Gasteiger partial charge in [-0.25, -0.2) is 0 Å². The van der Waals surface area contributed by atoms with Crippen LogP contribution in [0.3, 0.4) is 0 Å². The predicted octanol–water partition coefficient (Wildman–Crippen LogP) is 3.10. The topological polar surface area (TPSA) is 101 Å². The molecule has 0 aliphatic heterocycles. The Labute approximate surface area is 147 Å². The molecule has 2 aromatic carbocycles. The zero-order valence-electron chi connectivity index (χ0n) is 13.9. The summed E-state index contributed by atoms with van der Waals surface area (Å²) in [7, 11) is 0. The Balaban J connectivity index is 2.16. The monoisotopic (exact) mass is 341 g/mol.